The topological polar surface area (TPSA) is 95.9 Å². The van der Waals surface area contributed by atoms with E-state index in [4.69, 9.17) is 0 Å². The van der Waals surface area contributed by atoms with Gasteiger partial charge in [0.15, 0.2) is 0 Å². The summed E-state index contributed by atoms with van der Waals surface area (Å²) in [5.41, 5.74) is 2.67. The molecule has 0 spiro atoms. The van der Waals surface area contributed by atoms with E-state index in [1.807, 2.05) is 43.5 Å². The molecule has 0 radical (unpaired) electrons. The van der Waals surface area contributed by atoms with Crippen molar-refractivity contribution >= 4 is 17.5 Å². The zero-order valence-corrected chi connectivity index (χ0v) is 14.9. The summed E-state index contributed by atoms with van der Waals surface area (Å²) in [6.07, 6.45) is 4.97. The lowest BCUT2D eigenvalue weighted by Crippen LogP contribution is -2.43. The highest BCUT2D eigenvalue weighted by Gasteiger charge is 2.35. The van der Waals surface area contributed by atoms with E-state index in [9.17, 15) is 9.59 Å². The second kappa shape index (κ2) is 7.06. The minimum atomic E-state index is -0.497. The molecule has 1 saturated heterocycles. The fourth-order valence-corrected chi connectivity index (χ4v) is 3.33. The summed E-state index contributed by atoms with van der Waals surface area (Å²) in [6.45, 7) is 2.39. The highest BCUT2D eigenvalue weighted by Crippen LogP contribution is 2.22. The van der Waals surface area contributed by atoms with E-state index < -0.39 is 6.04 Å². The Morgan fingerprint density at radius 2 is 2.15 bits per heavy atom. The molecule has 1 aliphatic rings. The normalized spacial score (nSPS) is 16.5. The van der Waals surface area contributed by atoms with Gasteiger partial charge in [0.2, 0.25) is 5.91 Å². The lowest BCUT2D eigenvalue weighted by molar-refractivity contribution is -0.119. The lowest BCUT2D eigenvalue weighted by Gasteiger charge is -2.23. The molecule has 2 aromatic heterocycles. The van der Waals surface area contributed by atoms with Gasteiger partial charge in [-0.05, 0) is 50.1 Å². The SMILES string of the molecule is Cc1cc(C(=O)N2CCC[C@@H]2C(=O)Nc2cccc(-n3cccn3)c2)n[nH]1. The van der Waals surface area contributed by atoms with Crippen LogP contribution in [0.3, 0.4) is 0 Å². The summed E-state index contributed by atoms with van der Waals surface area (Å²) < 4.78 is 1.72. The highest BCUT2D eigenvalue weighted by atomic mass is 16.2. The second-order valence-corrected chi connectivity index (χ2v) is 6.58. The van der Waals surface area contributed by atoms with Crippen molar-refractivity contribution in [2.75, 3.05) is 11.9 Å². The molecule has 1 aliphatic heterocycles. The highest BCUT2D eigenvalue weighted by molar-refractivity contribution is 6.01. The summed E-state index contributed by atoms with van der Waals surface area (Å²) in [4.78, 5) is 27.1. The molecule has 1 fully saturated rings. The molecule has 0 saturated carbocycles. The van der Waals surface area contributed by atoms with Crippen LogP contribution < -0.4 is 5.32 Å². The van der Waals surface area contributed by atoms with Gasteiger partial charge < -0.3 is 10.2 Å². The van der Waals surface area contributed by atoms with Crippen molar-refractivity contribution in [3.8, 4) is 5.69 Å². The standard InChI is InChI=1S/C19H20N6O2/c1-13-11-16(23-22-13)19(27)24-9-3-7-17(24)18(26)21-14-5-2-6-15(12-14)25-10-4-8-20-25/h2,4-6,8,10-12,17H,3,7,9H2,1H3,(H,21,26)(H,22,23)/t17-/m1/s1. The van der Waals surface area contributed by atoms with Gasteiger partial charge in [-0.3, -0.25) is 14.7 Å². The van der Waals surface area contributed by atoms with E-state index in [0.717, 1.165) is 17.8 Å². The van der Waals surface area contributed by atoms with Gasteiger partial charge in [-0.15, -0.1) is 0 Å². The predicted octanol–water partition coefficient (Wildman–Crippen LogP) is 2.15. The Hall–Kier alpha value is -3.42. The van der Waals surface area contributed by atoms with Gasteiger partial charge in [-0.2, -0.15) is 10.2 Å². The molecule has 0 aliphatic carbocycles. The maximum atomic E-state index is 12.8. The molecule has 4 rings (SSSR count). The summed E-state index contributed by atoms with van der Waals surface area (Å²) in [5.74, 6) is -0.409. The van der Waals surface area contributed by atoms with Crippen LogP contribution in [0.2, 0.25) is 0 Å². The maximum Gasteiger partial charge on any atom is 0.275 e. The number of carbonyl (C=O) groups is 2. The van der Waals surface area contributed by atoms with Crippen molar-refractivity contribution in [1.82, 2.24) is 24.9 Å². The van der Waals surface area contributed by atoms with Gasteiger partial charge >= 0.3 is 0 Å². The zero-order chi connectivity index (χ0) is 18.8. The van der Waals surface area contributed by atoms with Crippen LogP contribution in [0.25, 0.3) is 5.69 Å². The molecular weight excluding hydrogens is 344 g/mol. The fourth-order valence-electron chi connectivity index (χ4n) is 3.33. The number of carbonyl (C=O) groups excluding carboxylic acids is 2. The zero-order valence-electron chi connectivity index (χ0n) is 14.9. The first-order valence-corrected chi connectivity index (χ1v) is 8.86. The number of H-pyrrole nitrogens is 1. The smallest absolute Gasteiger partial charge is 0.275 e. The Kier molecular flexibility index (Phi) is 4.45. The van der Waals surface area contributed by atoms with Gasteiger partial charge in [-0.25, -0.2) is 4.68 Å². The van der Waals surface area contributed by atoms with E-state index in [1.54, 1.807) is 21.8 Å². The van der Waals surface area contributed by atoms with Crippen molar-refractivity contribution in [2.45, 2.75) is 25.8 Å². The number of aromatic amines is 1. The van der Waals surface area contributed by atoms with Crippen LogP contribution in [0.15, 0.2) is 48.8 Å². The number of aromatic nitrogens is 4. The summed E-state index contributed by atoms with van der Waals surface area (Å²) >= 11 is 0. The number of nitrogens with zero attached hydrogens (tertiary/aromatic N) is 4. The molecule has 1 atom stereocenters. The summed E-state index contributed by atoms with van der Waals surface area (Å²) in [6, 6.07) is 10.5. The Morgan fingerprint density at radius 1 is 1.26 bits per heavy atom. The monoisotopic (exact) mass is 364 g/mol. The van der Waals surface area contributed by atoms with Crippen molar-refractivity contribution in [1.29, 1.82) is 0 Å². The first-order valence-electron chi connectivity index (χ1n) is 8.86. The third kappa shape index (κ3) is 3.46. The molecule has 0 bridgehead atoms. The Morgan fingerprint density at radius 3 is 2.89 bits per heavy atom. The van der Waals surface area contributed by atoms with Crippen LogP contribution in [0.4, 0.5) is 5.69 Å². The van der Waals surface area contributed by atoms with Crippen LogP contribution in [0, 0.1) is 6.92 Å². The minimum Gasteiger partial charge on any atom is -0.325 e. The summed E-state index contributed by atoms with van der Waals surface area (Å²) in [5, 5.41) is 13.9. The van der Waals surface area contributed by atoms with Gasteiger partial charge in [0.1, 0.15) is 11.7 Å². The Balaban J connectivity index is 1.49. The van der Waals surface area contributed by atoms with Crippen LogP contribution in [0.1, 0.15) is 29.0 Å². The number of aryl methyl sites for hydroxylation is 1. The van der Waals surface area contributed by atoms with Crippen molar-refractivity contribution in [3.63, 3.8) is 0 Å². The predicted molar refractivity (Wildman–Crippen MR) is 99.6 cm³/mol. The third-order valence-corrected chi connectivity index (χ3v) is 4.62. The van der Waals surface area contributed by atoms with E-state index in [-0.39, 0.29) is 11.8 Å². The maximum absolute atomic E-state index is 12.8. The molecule has 3 heterocycles. The Labute approximate surface area is 156 Å². The van der Waals surface area contributed by atoms with Gasteiger partial charge in [0, 0.05) is 30.3 Å². The van der Waals surface area contributed by atoms with E-state index >= 15 is 0 Å². The molecule has 138 valence electrons. The average Bonchev–Trinajstić information content (AvgIpc) is 3.42. The molecule has 8 nitrogen and oxygen atoms in total. The van der Waals surface area contributed by atoms with Crippen LogP contribution in [0.5, 0.6) is 0 Å². The van der Waals surface area contributed by atoms with Crippen molar-refractivity contribution < 1.29 is 9.59 Å². The molecule has 3 aromatic rings. The molecule has 1 aromatic carbocycles. The quantitative estimate of drug-likeness (QED) is 0.741. The number of hydrogen-bond donors (Lipinski definition) is 2. The van der Waals surface area contributed by atoms with Crippen molar-refractivity contribution in [3.05, 3.63) is 60.2 Å². The Bertz CT molecular complexity index is 962. The lowest BCUT2D eigenvalue weighted by atomic mass is 10.2. The van der Waals surface area contributed by atoms with Crippen LogP contribution in [-0.4, -0.2) is 49.3 Å². The number of anilines is 1. The largest absolute Gasteiger partial charge is 0.325 e. The number of benzene rings is 1. The molecular formula is C19H20N6O2. The number of likely N-dealkylation sites (tertiary alicyclic amines) is 1. The van der Waals surface area contributed by atoms with Crippen LogP contribution in [-0.2, 0) is 4.79 Å². The van der Waals surface area contributed by atoms with Crippen molar-refractivity contribution in [2.24, 2.45) is 0 Å². The molecule has 2 amide bonds. The second-order valence-electron chi connectivity index (χ2n) is 6.58. The van der Waals surface area contributed by atoms with Crippen LogP contribution >= 0.6 is 0 Å². The number of nitrogens with one attached hydrogen (secondary N) is 2. The van der Waals surface area contributed by atoms with Gasteiger partial charge in [0.25, 0.3) is 5.91 Å². The third-order valence-electron chi connectivity index (χ3n) is 4.62. The molecule has 2 N–H and O–H groups in total. The first-order chi connectivity index (χ1) is 13.1. The van der Waals surface area contributed by atoms with E-state index in [2.05, 4.69) is 20.6 Å². The molecule has 0 unspecified atom stereocenters. The number of amides is 2. The molecule has 27 heavy (non-hydrogen) atoms. The summed E-state index contributed by atoms with van der Waals surface area (Å²) in [7, 11) is 0. The van der Waals surface area contributed by atoms with E-state index in [1.165, 1.54) is 0 Å². The number of rotatable bonds is 4. The van der Waals surface area contributed by atoms with E-state index in [0.29, 0.717) is 24.3 Å². The first kappa shape index (κ1) is 17.0. The average molecular weight is 364 g/mol. The minimum absolute atomic E-state index is 0.189. The molecule has 8 heteroatoms. The number of hydrogen-bond acceptors (Lipinski definition) is 4. The van der Waals surface area contributed by atoms with Gasteiger partial charge in [-0.1, -0.05) is 6.07 Å². The van der Waals surface area contributed by atoms with Gasteiger partial charge in [0.05, 0.1) is 5.69 Å². The fraction of sp³-hybridized carbons (Fsp3) is 0.263.